The first kappa shape index (κ1) is 47.0. The van der Waals surface area contributed by atoms with Crippen LogP contribution in [0.3, 0.4) is 0 Å². The Balaban J connectivity index is 0.000000224. The Labute approximate surface area is 362 Å². The topological polar surface area (TPSA) is 221 Å². The lowest BCUT2D eigenvalue weighted by molar-refractivity contribution is -0.139. The van der Waals surface area contributed by atoms with Gasteiger partial charge in [-0.05, 0) is 76.9 Å². The second-order valence-electron chi connectivity index (χ2n) is 15.2. The number of nitrogens with two attached hydrogens (primary N) is 1. The molecule has 0 saturated carbocycles. The van der Waals surface area contributed by atoms with Crippen molar-refractivity contribution < 1.29 is 33.8 Å². The molecule has 0 radical (unpaired) electrons. The number of nitrogens with one attached hydrogen (secondary N) is 3. The number of pyridine rings is 2. The van der Waals surface area contributed by atoms with Crippen molar-refractivity contribution in [3.8, 4) is 21.1 Å². The highest BCUT2D eigenvalue weighted by Gasteiger charge is 2.26. The van der Waals surface area contributed by atoms with E-state index in [4.69, 9.17) is 20.3 Å². The standard InChI is InChI=1S/C22H24N4O3S.C14H19NO4.C8H7N3S/c1-22(2,3)29-21(28)25-17(13-15-7-5-4-6-8-15)19(27)26-18-14-24-20(30-18)16-9-11-23-12-10-16;1-14(2,3)19-13(18)15-11(12(16)17)9-10-7-5-4-6-8-10;9-7-5-11-8(12-7)6-1-3-10-4-2-6/h4-12,14,17H,13H2,1-3H3,(H,25,28)(H,26,27);4-8,11H,9H2,1-3H3,(H,15,18)(H,16,17);1-5H,9H2/t17-;11-;/m00./s1. The zero-order valence-electron chi connectivity index (χ0n) is 34.7. The Morgan fingerprint density at radius 3 is 1.49 bits per heavy atom. The van der Waals surface area contributed by atoms with Gasteiger partial charge in [-0.25, -0.2) is 24.4 Å². The van der Waals surface area contributed by atoms with E-state index in [2.05, 4.69) is 35.9 Å². The van der Waals surface area contributed by atoms with E-state index in [0.29, 0.717) is 11.4 Å². The minimum atomic E-state index is -1.09. The molecule has 6 aromatic rings. The van der Waals surface area contributed by atoms with Gasteiger partial charge in [0.1, 0.15) is 43.3 Å². The quantitative estimate of drug-likeness (QED) is 0.0831. The molecular weight excluding hydrogens is 817 g/mol. The summed E-state index contributed by atoms with van der Waals surface area (Å²) in [5.74, 6) is -1.43. The van der Waals surface area contributed by atoms with Crippen LogP contribution in [0.5, 0.6) is 0 Å². The SMILES string of the molecule is CC(C)(C)OC(=O)N[C@@H](Cc1ccccc1)C(=O)Nc1cnc(-c2ccncc2)s1.CC(C)(C)OC(=O)N[C@@H](Cc1ccccc1)C(=O)O.Nc1cnc(-c2ccncc2)s1. The monoisotopic (exact) mass is 866 g/mol. The van der Waals surface area contributed by atoms with Gasteiger partial charge in [0, 0.05) is 48.8 Å². The van der Waals surface area contributed by atoms with E-state index >= 15 is 0 Å². The maximum absolute atomic E-state index is 13.0. The lowest BCUT2D eigenvalue weighted by Crippen LogP contribution is -2.47. The summed E-state index contributed by atoms with van der Waals surface area (Å²) in [5, 5.41) is 20.0. The molecule has 0 aliphatic carbocycles. The average molecular weight is 867 g/mol. The molecule has 0 fully saturated rings. The number of hydrogen-bond donors (Lipinski definition) is 5. The number of aromatic nitrogens is 4. The highest BCUT2D eigenvalue weighted by molar-refractivity contribution is 7.19. The maximum atomic E-state index is 13.0. The van der Waals surface area contributed by atoms with Crippen LogP contribution in [-0.4, -0.2) is 72.4 Å². The van der Waals surface area contributed by atoms with Gasteiger partial charge in [0.05, 0.1) is 12.4 Å². The fourth-order valence-corrected chi connectivity index (χ4v) is 6.60. The number of rotatable bonds is 11. The van der Waals surface area contributed by atoms with Crippen molar-refractivity contribution in [3.05, 3.63) is 133 Å². The van der Waals surface area contributed by atoms with E-state index < -0.39 is 41.4 Å². The van der Waals surface area contributed by atoms with Crippen LogP contribution < -0.4 is 21.7 Å². The zero-order chi connectivity index (χ0) is 44.4. The van der Waals surface area contributed by atoms with Crippen LogP contribution >= 0.6 is 22.7 Å². The van der Waals surface area contributed by atoms with Crippen molar-refractivity contribution in [2.24, 2.45) is 0 Å². The van der Waals surface area contributed by atoms with Crippen LogP contribution in [0, 0.1) is 0 Å². The molecule has 15 nitrogen and oxygen atoms in total. The van der Waals surface area contributed by atoms with E-state index in [1.807, 2.05) is 84.9 Å². The van der Waals surface area contributed by atoms with Crippen LogP contribution in [0.2, 0.25) is 0 Å². The Morgan fingerprint density at radius 1 is 0.639 bits per heavy atom. The number of ether oxygens (including phenoxy) is 2. The van der Waals surface area contributed by atoms with Crippen LogP contribution in [0.25, 0.3) is 21.1 Å². The number of carboxylic acids is 1. The summed E-state index contributed by atoms with van der Waals surface area (Å²) in [4.78, 5) is 64.4. The molecule has 0 spiro atoms. The number of hydrogen-bond acceptors (Lipinski definition) is 13. The Kier molecular flexibility index (Phi) is 17.4. The maximum Gasteiger partial charge on any atom is 0.408 e. The van der Waals surface area contributed by atoms with Crippen molar-refractivity contribution in [1.29, 1.82) is 0 Å². The summed E-state index contributed by atoms with van der Waals surface area (Å²) >= 11 is 2.83. The molecule has 320 valence electrons. The molecule has 2 aromatic carbocycles. The van der Waals surface area contributed by atoms with E-state index in [9.17, 15) is 19.2 Å². The molecule has 0 saturated heterocycles. The van der Waals surface area contributed by atoms with Gasteiger partial charge < -0.3 is 36.3 Å². The summed E-state index contributed by atoms with van der Waals surface area (Å²) in [6.45, 7) is 10.5. The molecule has 6 rings (SSSR count). The summed E-state index contributed by atoms with van der Waals surface area (Å²) in [5.41, 5.74) is 7.99. The number of amides is 3. The minimum Gasteiger partial charge on any atom is -0.480 e. The van der Waals surface area contributed by atoms with E-state index in [0.717, 1.165) is 37.3 Å². The molecule has 6 N–H and O–H groups in total. The number of nitrogens with zero attached hydrogens (tertiary/aromatic N) is 4. The van der Waals surface area contributed by atoms with E-state index in [-0.39, 0.29) is 12.3 Å². The molecular formula is C44H50N8O7S2. The van der Waals surface area contributed by atoms with Gasteiger partial charge in [-0.15, -0.1) is 0 Å². The van der Waals surface area contributed by atoms with Crippen molar-refractivity contribution >= 4 is 56.7 Å². The predicted molar refractivity (Wildman–Crippen MR) is 238 cm³/mol. The number of nitrogen functional groups attached to an aromatic ring is 1. The van der Waals surface area contributed by atoms with Gasteiger partial charge in [0.25, 0.3) is 0 Å². The second-order valence-corrected chi connectivity index (χ2v) is 17.3. The zero-order valence-corrected chi connectivity index (χ0v) is 36.3. The van der Waals surface area contributed by atoms with Crippen LogP contribution in [-0.2, 0) is 31.9 Å². The number of aliphatic carboxylic acids is 1. The fourth-order valence-electron chi connectivity index (χ4n) is 5.09. The molecule has 61 heavy (non-hydrogen) atoms. The molecule has 0 unspecified atom stereocenters. The van der Waals surface area contributed by atoms with Gasteiger partial charge in [-0.3, -0.25) is 14.8 Å². The number of thiazole rings is 2. The first-order chi connectivity index (χ1) is 28.9. The molecule has 0 aliphatic rings. The number of carboxylic acid groups (broad SMARTS) is 1. The number of carbonyl (C=O) groups is 4. The Morgan fingerprint density at radius 2 is 1.07 bits per heavy atom. The first-order valence-corrected chi connectivity index (χ1v) is 20.7. The number of anilines is 2. The highest BCUT2D eigenvalue weighted by atomic mass is 32.1. The summed E-state index contributed by atoms with van der Waals surface area (Å²) in [6.07, 6.45) is 9.32. The van der Waals surface area contributed by atoms with Crippen molar-refractivity contribution in [2.75, 3.05) is 11.1 Å². The van der Waals surface area contributed by atoms with Crippen molar-refractivity contribution in [2.45, 2.75) is 77.7 Å². The molecule has 4 aromatic heterocycles. The van der Waals surface area contributed by atoms with Crippen LogP contribution in [0.1, 0.15) is 52.7 Å². The molecule has 4 heterocycles. The Hall–Kier alpha value is -6.72. The van der Waals surface area contributed by atoms with Gasteiger partial charge in [-0.1, -0.05) is 83.3 Å². The number of carbonyl (C=O) groups excluding carboxylic acids is 3. The number of benzene rings is 2. The van der Waals surface area contributed by atoms with E-state index in [1.165, 1.54) is 22.7 Å². The van der Waals surface area contributed by atoms with Crippen molar-refractivity contribution in [1.82, 2.24) is 30.6 Å². The molecule has 3 amide bonds. The lowest BCUT2D eigenvalue weighted by atomic mass is 10.1. The first-order valence-electron chi connectivity index (χ1n) is 19.0. The smallest absolute Gasteiger partial charge is 0.408 e. The second kappa shape index (κ2) is 22.6. The Bertz CT molecular complexity index is 2280. The van der Waals surface area contributed by atoms with E-state index in [1.54, 1.807) is 78.7 Å². The summed E-state index contributed by atoms with van der Waals surface area (Å²) in [7, 11) is 0. The number of alkyl carbamates (subject to hydrolysis) is 2. The van der Waals surface area contributed by atoms with Gasteiger partial charge in [0.15, 0.2) is 0 Å². The molecule has 0 bridgehead atoms. The largest absolute Gasteiger partial charge is 0.480 e. The van der Waals surface area contributed by atoms with Gasteiger partial charge in [-0.2, -0.15) is 0 Å². The normalized spacial score (nSPS) is 11.8. The van der Waals surface area contributed by atoms with Crippen molar-refractivity contribution in [3.63, 3.8) is 0 Å². The third-order valence-electron chi connectivity index (χ3n) is 7.69. The molecule has 2 atom stereocenters. The summed E-state index contributed by atoms with van der Waals surface area (Å²) in [6, 6.07) is 24.4. The van der Waals surface area contributed by atoms with Gasteiger partial charge in [0.2, 0.25) is 5.91 Å². The fraction of sp³-hybridized carbons (Fsp3) is 0.273. The summed E-state index contributed by atoms with van der Waals surface area (Å²) < 4.78 is 10.4. The average Bonchev–Trinajstić information content (AvgIpc) is 3.87. The lowest BCUT2D eigenvalue weighted by Gasteiger charge is -2.23. The molecule has 0 aliphatic heterocycles. The third kappa shape index (κ3) is 17.6. The van der Waals surface area contributed by atoms with Crippen LogP contribution in [0.15, 0.2) is 122 Å². The van der Waals surface area contributed by atoms with Crippen LogP contribution in [0.4, 0.5) is 19.6 Å². The molecule has 17 heteroatoms. The third-order valence-corrected chi connectivity index (χ3v) is 9.53. The highest BCUT2D eigenvalue weighted by Crippen LogP contribution is 2.28. The predicted octanol–water partition coefficient (Wildman–Crippen LogP) is 8.27. The van der Waals surface area contributed by atoms with Gasteiger partial charge >= 0.3 is 18.2 Å². The minimum absolute atomic E-state index is 0.218.